The van der Waals surface area contributed by atoms with Crippen molar-refractivity contribution in [3.05, 3.63) is 41.5 Å². The van der Waals surface area contributed by atoms with E-state index in [0.717, 1.165) is 17.5 Å². The van der Waals surface area contributed by atoms with Crippen LogP contribution in [0.2, 0.25) is 0 Å². The third kappa shape index (κ3) is 2.80. The molecule has 1 aromatic rings. The van der Waals surface area contributed by atoms with Crippen LogP contribution in [0.25, 0.3) is 0 Å². The van der Waals surface area contributed by atoms with Gasteiger partial charge in [-0.1, -0.05) is 25.1 Å². The zero-order chi connectivity index (χ0) is 15.8. The Bertz CT molecular complexity index is 739. The van der Waals surface area contributed by atoms with Crippen LogP contribution in [0.4, 0.5) is 0 Å². The fourth-order valence-electron chi connectivity index (χ4n) is 2.79. The summed E-state index contributed by atoms with van der Waals surface area (Å²) in [6.45, 7) is 2.72. The van der Waals surface area contributed by atoms with Crippen molar-refractivity contribution in [2.75, 3.05) is 0 Å². The topological polar surface area (TPSA) is 72.5 Å². The largest absolute Gasteiger partial charge is 0.372 e. The summed E-state index contributed by atoms with van der Waals surface area (Å²) in [6.07, 6.45) is 5.96. The van der Waals surface area contributed by atoms with Gasteiger partial charge in [0.2, 0.25) is 5.91 Å². The van der Waals surface area contributed by atoms with E-state index in [1.165, 1.54) is 6.07 Å². The van der Waals surface area contributed by atoms with Gasteiger partial charge in [0.25, 0.3) is 10.0 Å². The molecule has 0 fully saturated rings. The molecule has 0 saturated carbocycles. The molecule has 22 heavy (non-hydrogen) atoms. The minimum atomic E-state index is -3.85. The Kier molecular flexibility index (Phi) is 3.82. The van der Waals surface area contributed by atoms with Gasteiger partial charge in [0.1, 0.15) is 0 Å². The van der Waals surface area contributed by atoms with E-state index in [-0.39, 0.29) is 4.90 Å². The van der Waals surface area contributed by atoms with Crippen LogP contribution >= 0.6 is 0 Å². The number of allylic oxidation sites excluding steroid dienone is 2. The first-order valence-electron chi connectivity index (χ1n) is 7.33. The standard InChI is InChI=1S/C16H19NO4S/c1-16(7-3-2-4-8-16)15(18)17-22(19,20)14-6-5-12-10-21-11-13(12)9-14/h2-3,5-6,9H,4,7-8,10-11H2,1H3,(H,17,18). The van der Waals surface area contributed by atoms with E-state index in [2.05, 4.69) is 4.72 Å². The number of hydrogen-bond acceptors (Lipinski definition) is 4. The fraction of sp³-hybridized carbons (Fsp3) is 0.438. The lowest BCUT2D eigenvalue weighted by Crippen LogP contribution is -2.42. The zero-order valence-electron chi connectivity index (χ0n) is 12.5. The average Bonchev–Trinajstić information content (AvgIpc) is 2.95. The van der Waals surface area contributed by atoms with Crippen molar-refractivity contribution in [1.82, 2.24) is 4.72 Å². The minimum Gasteiger partial charge on any atom is -0.372 e. The van der Waals surface area contributed by atoms with Crippen LogP contribution in [-0.2, 0) is 32.8 Å². The number of hydrogen-bond donors (Lipinski definition) is 1. The highest BCUT2D eigenvalue weighted by molar-refractivity contribution is 7.90. The van der Waals surface area contributed by atoms with E-state index in [4.69, 9.17) is 4.74 Å². The van der Waals surface area contributed by atoms with Crippen molar-refractivity contribution in [2.24, 2.45) is 5.41 Å². The summed E-state index contributed by atoms with van der Waals surface area (Å²) in [5.41, 5.74) is 1.19. The van der Waals surface area contributed by atoms with Gasteiger partial charge in [-0.2, -0.15) is 0 Å². The summed E-state index contributed by atoms with van der Waals surface area (Å²) in [4.78, 5) is 12.5. The highest BCUT2D eigenvalue weighted by atomic mass is 32.2. The van der Waals surface area contributed by atoms with Gasteiger partial charge >= 0.3 is 0 Å². The molecule has 1 aliphatic carbocycles. The lowest BCUT2D eigenvalue weighted by Gasteiger charge is -2.28. The first-order valence-corrected chi connectivity index (χ1v) is 8.81. The molecule has 3 rings (SSSR count). The normalized spacial score (nSPS) is 24.0. The zero-order valence-corrected chi connectivity index (χ0v) is 13.3. The number of nitrogens with one attached hydrogen (secondary N) is 1. The fourth-order valence-corrected chi connectivity index (χ4v) is 3.94. The highest BCUT2D eigenvalue weighted by Gasteiger charge is 2.35. The Morgan fingerprint density at radius 2 is 2.00 bits per heavy atom. The van der Waals surface area contributed by atoms with E-state index in [0.29, 0.717) is 26.1 Å². The predicted molar refractivity (Wildman–Crippen MR) is 81.4 cm³/mol. The highest BCUT2D eigenvalue weighted by Crippen LogP contribution is 2.33. The molecule has 1 unspecified atom stereocenters. The molecule has 1 amide bonds. The minimum absolute atomic E-state index is 0.111. The molecule has 2 aliphatic rings. The lowest BCUT2D eigenvalue weighted by atomic mass is 9.78. The summed E-state index contributed by atoms with van der Waals surface area (Å²) in [5, 5.41) is 0. The summed E-state index contributed by atoms with van der Waals surface area (Å²) >= 11 is 0. The molecular weight excluding hydrogens is 302 g/mol. The maximum atomic E-state index is 12.4. The molecule has 0 radical (unpaired) electrons. The number of rotatable bonds is 3. The van der Waals surface area contributed by atoms with Crippen molar-refractivity contribution >= 4 is 15.9 Å². The molecule has 1 N–H and O–H groups in total. The lowest BCUT2D eigenvalue weighted by molar-refractivity contribution is -0.128. The SMILES string of the molecule is CC1(C(=O)NS(=O)(=O)c2ccc3c(c2)COC3)CC=CCC1. The molecule has 1 aromatic carbocycles. The number of carbonyl (C=O) groups excluding carboxylic acids is 1. The molecule has 0 aromatic heterocycles. The molecule has 1 aliphatic heterocycles. The number of carbonyl (C=O) groups is 1. The van der Waals surface area contributed by atoms with Crippen LogP contribution in [0.15, 0.2) is 35.2 Å². The van der Waals surface area contributed by atoms with Gasteiger partial charge in [0, 0.05) is 0 Å². The molecular formula is C16H19NO4S. The second-order valence-electron chi connectivity index (χ2n) is 6.13. The molecule has 1 atom stereocenters. The van der Waals surface area contributed by atoms with Gasteiger partial charge in [-0.3, -0.25) is 4.79 Å². The van der Waals surface area contributed by atoms with Crippen LogP contribution in [0.1, 0.15) is 37.3 Å². The number of ether oxygens (including phenoxy) is 1. The Labute approximate surface area is 130 Å². The van der Waals surface area contributed by atoms with Crippen molar-refractivity contribution in [2.45, 2.75) is 44.3 Å². The van der Waals surface area contributed by atoms with Crippen molar-refractivity contribution < 1.29 is 17.9 Å². The third-order valence-corrected chi connectivity index (χ3v) is 5.70. The number of sulfonamides is 1. The van der Waals surface area contributed by atoms with Crippen LogP contribution in [0.3, 0.4) is 0 Å². The molecule has 118 valence electrons. The maximum absolute atomic E-state index is 12.4. The quantitative estimate of drug-likeness (QED) is 0.867. The number of amides is 1. The monoisotopic (exact) mass is 321 g/mol. The summed E-state index contributed by atoms with van der Waals surface area (Å²) < 4.78 is 32.4. The maximum Gasteiger partial charge on any atom is 0.264 e. The van der Waals surface area contributed by atoms with E-state index in [1.54, 1.807) is 19.1 Å². The summed E-state index contributed by atoms with van der Waals surface area (Å²) in [5.74, 6) is -0.436. The van der Waals surface area contributed by atoms with Crippen molar-refractivity contribution in [3.63, 3.8) is 0 Å². The van der Waals surface area contributed by atoms with Crippen molar-refractivity contribution in [1.29, 1.82) is 0 Å². The van der Waals surface area contributed by atoms with Gasteiger partial charge in [0.05, 0.1) is 23.5 Å². The Morgan fingerprint density at radius 1 is 1.23 bits per heavy atom. The Balaban J connectivity index is 1.81. The van der Waals surface area contributed by atoms with Gasteiger partial charge in [-0.25, -0.2) is 13.1 Å². The predicted octanol–water partition coefficient (Wildman–Crippen LogP) is 2.27. The first-order chi connectivity index (χ1) is 10.4. The smallest absolute Gasteiger partial charge is 0.264 e. The molecule has 0 bridgehead atoms. The average molecular weight is 321 g/mol. The van der Waals surface area contributed by atoms with Crippen LogP contribution < -0.4 is 4.72 Å². The van der Waals surface area contributed by atoms with Crippen LogP contribution in [-0.4, -0.2) is 14.3 Å². The van der Waals surface area contributed by atoms with Crippen molar-refractivity contribution in [3.8, 4) is 0 Å². The third-order valence-electron chi connectivity index (χ3n) is 4.38. The van der Waals surface area contributed by atoms with Gasteiger partial charge in [0.15, 0.2) is 0 Å². The Hall–Kier alpha value is -1.66. The summed E-state index contributed by atoms with van der Waals surface area (Å²) in [6, 6.07) is 4.85. The second kappa shape index (κ2) is 5.52. The molecule has 5 nitrogen and oxygen atoms in total. The summed E-state index contributed by atoms with van der Waals surface area (Å²) in [7, 11) is -3.85. The van der Waals surface area contributed by atoms with E-state index < -0.39 is 21.3 Å². The molecule has 0 spiro atoms. The van der Waals surface area contributed by atoms with Crippen LogP contribution in [0.5, 0.6) is 0 Å². The number of fused-ring (bicyclic) bond motifs is 1. The Morgan fingerprint density at radius 3 is 2.73 bits per heavy atom. The molecule has 6 heteroatoms. The van der Waals surface area contributed by atoms with E-state index in [9.17, 15) is 13.2 Å². The molecule has 0 saturated heterocycles. The van der Waals surface area contributed by atoms with E-state index >= 15 is 0 Å². The second-order valence-corrected chi connectivity index (χ2v) is 7.82. The number of benzene rings is 1. The van der Waals surface area contributed by atoms with Gasteiger partial charge in [-0.15, -0.1) is 0 Å². The molecule has 1 heterocycles. The first kappa shape index (κ1) is 15.2. The van der Waals surface area contributed by atoms with Gasteiger partial charge in [-0.05, 0) is 42.5 Å². The van der Waals surface area contributed by atoms with Gasteiger partial charge < -0.3 is 4.74 Å². The van der Waals surface area contributed by atoms with Crippen LogP contribution in [0, 0.1) is 5.41 Å². The van der Waals surface area contributed by atoms with E-state index in [1.807, 2.05) is 12.2 Å².